The van der Waals surface area contributed by atoms with Crippen molar-refractivity contribution >= 4 is 12.7 Å². The molecule has 0 amide bonds. The van der Waals surface area contributed by atoms with E-state index in [0.717, 1.165) is 16.1 Å². The van der Waals surface area contributed by atoms with E-state index >= 15 is 0 Å². The number of hydrogen-bond donors (Lipinski definition) is 0. The fourth-order valence-electron chi connectivity index (χ4n) is 0.976. The molecule has 0 radical (unpaired) electrons. The van der Waals surface area contributed by atoms with Crippen LogP contribution in [0.2, 0.25) is 0 Å². The van der Waals surface area contributed by atoms with Gasteiger partial charge in [0, 0.05) is 17.1 Å². The molecular weight excluding hydrogens is 134 g/mol. The highest BCUT2D eigenvalue weighted by Crippen LogP contribution is 1.76. The Morgan fingerprint density at radius 1 is 1.55 bits per heavy atom. The largest absolute Gasteiger partial charge is 0.261 e. The highest BCUT2D eigenvalue weighted by Gasteiger charge is 1.86. The molecule has 56 valence electrons. The molecule has 0 fully saturated rings. The van der Waals surface area contributed by atoms with Crippen LogP contribution in [0.4, 0.5) is 0 Å². The van der Waals surface area contributed by atoms with Crippen molar-refractivity contribution in [2.24, 2.45) is 0 Å². The van der Waals surface area contributed by atoms with Crippen molar-refractivity contribution in [2.45, 2.75) is 6.92 Å². The molecule has 1 heterocycles. The van der Waals surface area contributed by atoms with Crippen LogP contribution in [-0.4, -0.2) is 4.98 Å². The summed E-state index contributed by atoms with van der Waals surface area (Å²) in [6.45, 7) is 9.47. The summed E-state index contributed by atoms with van der Waals surface area (Å²) in [6, 6.07) is 1.89. The molecule has 1 aromatic rings. The average molecular weight is 145 g/mol. The molecule has 0 unspecified atom stereocenters. The van der Waals surface area contributed by atoms with Gasteiger partial charge in [-0.05, 0) is 18.2 Å². The molecule has 11 heavy (non-hydrogen) atoms. The van der Waals surface area contributed by atoms with E-state index in [1.807, 2.05) is 19.1 Å². The van der Waals surface area contributed by atoms with Crippen LogP contribution in [0.1, 0.15) is 5.69 Å². The molecule has 1 rings (SSSR count). The lowest BCUT2D eigenvalue weighted by Crippen LogP contribution is -2.26. The number of nitrogens with zero attached hydrogens (tertiary/aromatic N) is 1. The molecule has 0 aliphatic heterocycles. The molecule has 0 bridgehead atoms. The number of aromatic nitrogens is 1. The van der Waals surface area contributed by atoms with Crippen LogP contribution in [0, 0.1) is 6.92 Å². The molecule has 1 heteroatoms. The summed E-state index contributed by atoms with van der Waals surface area (Å²) < 4.78 is 0. The summed E-state index contributed by atoms with van der Waals surface area (Å²) >= 11 is 0. The first kappa shape index (κ1) is 7.73. The van der Waals surface area contributed by atoms with Crippen molar-refractivity contribution < 1.29 is 0 Å². The first-order valence-electron chi connectivity index (χ1n) is 3.49. The zero-order valence-corrected chi connectivity index (χ0v) is 6.67. The SMILES string of the molecule is C=C/C=c1/c(C)nccc1=C. The molecule has 0 aliphatic rings. The van der Waals surface area contributed by atoms with Gasteiger partial charge in [-0.2, -0.15) is 0 Å². The standard InChI is InChI=1S/C10H11N/c1-4-5-10-8(2)6-7-11-9(10)3/h4-7H,1-2H2,3H3/b10-5+. The van der Waals surface area contributed by atoms with Crippen LogP contribution in [0.25, 0.3) is 12.7 Å². The van der Waals surface area contributed by atoms with Gasteiger partial charge in [-0.15, -0.1) is 0 Å². The minimum absolute atomic E-state index is 0.998. The lowest BCUT2D eigenvalue weighted by atomic mass is 10.2. The first-order chi connectivity index (χ1) is 5.25. The van der Waals surface area contributed by atoms with Crippen molar-refractivity contribution in [3.05, 3.63) is 41.0 Å². The Morgan fingerprint density at radius 2 is 2.27 bits per heavy atom. The fraction of sp³-hybridized carbons (Fsp3) is 0.100. The number of rotatable bonds is 1. The maximum atomic E-state index is 4.14. The minimum Gasteiger partial charge on any atom is -0.261 e. The van der Waals surface area contributed by atoms with Gasteiger partial charge >= 0.3 is 0 Å². The van der Waals surface area contributed by atoms with Gasteiger partial charge in [-0.25, -0.2) is 0 Å². The third-order valence-corrected chi connectivity index (χ3v) is 1.56. The van der Waals surface area contributed by atoms with Crippen molar-refractivity contribution in [1.82, 2.24) is 4.98 Å². The Kier molecular flexibility index (Phi) is 2.21. The van der Waals surface area contributed by atoms with Gasteiger partial charge in [0.15, 0.2) is 0 Å². The van der Waals surface area contributed by atoms with E-state index in [9.17, 15) is 0 Å². The van der Waals surface area contributed by atoms with Crippen LogP contribution in [0.15, 0.2) is 24.9 Å². The van der Waals surface area contributed by atoms with Gasteiger partial charge in [0.2, 0.25) is 0 Å². The molecule has 1 aromatic heterocycles. The summed E-state index contributed by atoms with van der Waals surface area (Å²) in [5, 5.41) is 2.07. The second-order valence-corrected chi connectivity index (χ2v) is 2.37. The van der Waals surface area contributed by atoms with Gasteiger partial charge in [-0.3, -0.25) is 4.98 Å². The number of allylic oxidation sites excluding steroid dienone is 1. The van der Waals surface area contributed by atoms with Crippen LogP contribution in [0.5, 0.6) is 0 Å². The number of aryl methyl sites for hydroxylation is 1. The topological polar surface area (TPSA) is 12.9 Å². The predicted molar refractivity (Wildman–Crippen MR) is 48.4 cm³/mol. The maximum absolute atomic E-state index is 4.14. The number of hydrogen-bond acceptors (Lipinski definition) is 1. The second kappa shape index (κ2) is 3.15. The summed E-state index contributed by atoms with van der Waals surface area (Å²) in [5.74, 6) is 0. The lowest BCUT2D eigenvalue weighted by Gasteiger charge is -1.91. The molecule has 0 spiro atoms. The third-order valence-electron chi connectivity index (χ3n) is 1.56. The average Bonchev–Trinajstić information content (AvgIpc) is 1.97. The van der Waals surface area contributed by atoms with Gasteiger partial charge in [0.25, 0.3) is 0 Å². The molecule has 0 aliphatic carbocycles. The second-order valence-electron chi connectivity index (χ2n) is 2.37. The Labute approximate surface area is 66.4 Å². The van der Waals surface area contributed by atoms with Gasteiger partial charge in [0.05, 0.1) is 0 Å². The molecule has 0 saturated carbocycles. The van der Waals surface area contributed by atoms with E-state index in [4.69, 9.17) is 0 Å². The molecule has 0 N–H and O–H groups in total. The smallest absolute Gasteiger partial charge is 0.0450 e. The molecule has 0 saturated heterocycles. The Bertz CT molecular complexity index is 363. The lowest BCUT2D eigenvalue weighted by molar-refractivity contribution is 1.16. The van der Waals surface area contributed by atoms with E-state index in [0.29, 0.717) is 0 Å². The Balaban J connectivity index is 3.57. The Hall–Kier alpha value is -1.37. The predicted octanol–water partition coefficient (Wildman–Crippen LogP) is 0.767. The maximum Gasteiger partial charge on any atom is 0.0450 e. The van der Waals surface area contributed by atoms with E-state index < -0.39 is 0 Å². The van der Waals surface area contributed by atoms with Crippen molar-refractivity contribution in [3.63, 3.8) is 0 Å². The van der Waals surface area contributed by atoms with E-state index in [1.54, 1.807) is 12.3 Å². The summed E-state index contributed by atoms with van der Waals surface area (Å²) in [5.41, 5.74) is 0.998. The highest BCUT2D eigenvalue weighted by molar-refractivity contribution is 5.37. The fourth-order valence-corrected chi connectivity index (χ4v) is 0.976. The molecule has 1 nitrogen and oxygen atoms in total. The van der Waals surface area contributed by atoms with Crippen LogP contribution < -0.4 is 10.4 Å². The van der Waals surface area contributed by atoms with Crippen LogP contribution >= 0.6 is 0 Å². The monoisotopic (exact) mass is 145 g/mol. The quantitative estimate of drug-likeness (QED) is 0.568. The van der Waals surface area contributed by atoms with Crippen molar-refractivity contribution in [2.75, 3.05) is 0 Å². The van der Waals surface area contributed by atoms with Gasteiger partial charge in [-0.1, -0.05) is 25.3 Å². The first-order valence-corrected chi connectivity index (χ1v) is 3.49. The van der Waals surface area contributed by atoms with Gasteiger partial charge in [0.1, 0.15) is 0 Å². The molecule has 0 atom stereocenters. The minimum atomic E-state index is 0.998. The summed E-state index contributed by atoms with van der Waals surface area (Å²) in [6.07, 6.45) is 5.43. The summed E-state index contributed by atoms with van der Waals surface area (Å²) in [4.78, 5) is 4.14. The van der Waals surface area contributed by atoms with Crippen LogP contribution in [-0.2, 0) is 0 Å². The van der Waals surface area contributed by atoms with E-state index in [2.05, 4.69) is 18.1 Å². The third kappa shape index (κ3) is 1.55. The Morgan fingerprint density at radius 3 is 2.82 bits per heavy atom. The summed E-state index contributed by atoms with van der Waals surface area (Å²) in [7, 11) is 0. The van der Waals surface area contributed by atoms with Crippen molar-refractivity contribution in [3.8, 4) is 0 Å². The normalized spacial score (nSPS) is 11.5. The van der Waals surface area contributed by atoms with Gasteiger partial charge < -0.3 is 0 Å². The highest BCUT2D eigenvalue weighted by atomic mass is 14.6. The van der Waals surface area contributed by atoms with E-state index in [1.165, 1.54) is 0 Å². The zero-order chi connectivity index (χ0) is 8.27. The van der Waals surface area contributed by atoms with E-state index in [-0.39, 0.29) is 0 Å². The van der Waals surface area contributed by atoms with Crippen LogP contribution in [0.3, 0.4) is 0 Å². The number of pyridine rings is 1. The van der Waals surface area contributed by atoms with Crippen molar-refractivity contribution in [1.29, 1.82) is 0 Å². The molecule has 0 aromatic carbocycles. The zero-order valence-electron chi connectivity index (χ0n) is 6.67. The molecular formula is C10H11N.